The van der Waals surface area contributed by atoms with Crippen LogP contribution in [0.25, 0.3) is 0 Å². The number of para-hydroxylation sites is 1. The maximum Gasteiger partial charge on any atom is 0.270 e. The van der Waals surface area contributed by atoms with Gasteiger partial charge in [0.15, 0.2) is 0 Å². The van der Waals surface area contributed by atoms with E-state index in [0.29, 0.717) is 5.56 Å². The summed E-state index contributed by atoms with van der Waals surface area (Å²) in [6.45, 7) is -0.160. The molecule has 0 heterocycles. The number of hydrogen-bond donors (Lipinski definition) is 2. The Balaban J connectivity index is 1.85. The van der Waals surface area contributed by atoms with E-state index < -0.39 is 16.6 Å². The summed E-state index contributed by atoms with van der Waals surface area (Å²) in [5, 5.41) is 17.0. The van der Waals surface area contributed by atoms with Crippen LogP contribution in [0, 0.1) is 15.9 Å². The topological polar surface area (TPSA) is 96.6 Å². The van der Waals surface area contributed by atoms with E-state index in [2.05, 4.69) is 15.8 Å². The van der Waals surface area contributed by atoms with E-state index in [1.54, 1.807) is 18.2 Å². The van der Waals surface area contributed by atoms with Crippen molar-refractivity contribution in [3.63, 3.8) is 0 Å². The van der Waals surface area contributed by atoms with Crippen LogP contribution < -0.4 is 10.7 Å². The van der Waals surface area contributed by atoms with E-state index in [0.717, 1.165) is 0 Å². The van der Waals surface area contributed by atoms with Gasteiger partial charge in [-0.05, 0) is 12.1 Å². The number of hydrogen-bond acceptors (Lipinski definition) is 5. The first-order valence-electron chi connectivity index (χ1n) is 6.61. The van der Waals surface area contributed by atoms with Gasteiger partial charge >= 0.3 is 0 Å². The molecule has 8 heteroatoms. The largest absolute Gasteiger partial charge is 0.374 e. The third-order valence-electron chi connectivity index (χ3n) is 2.80. The molecule has 2 aromatic carbocycles. The number of hydrazone groups is 1. The highest BCUT2D eigenvalue weighted by molar-refractivity contribution is 5.84. The number of rotatable bonds is 6. The van der Waals surface area contributed by atoms with Crippen molar-refractivity contribution in [2.75, 3.05) is 11.9 Å². The van der Waals surface area contributed by atoms with Crippen LogP contribution in [0.5, 0.6) is 0 Å². The van der Waals surface area contributed by atoms with Crippen LogP contribution in [0.1, 0.15) is 5.56 Å². The molecule has 0 fully saturated rings. The highest BCUT2D eigenvalue weighted by atomic mass is 19.1. The normalized spacial score (nSPS) is 10.5. The molecule has 0 unspecified atom stereocenters. The van der Waals surface area contributed by atoms with E-state index in [9.17, 15) is 19.3 Å². The van der Waals surface area contributed by atoms with Crippen molar-refractivity contribution in [2.45, 2.75) is 0 Å². The van der Waals surface area contributed by atoms with Crippen LogP contribution in [0.3, 0.4) is 0 Å². The molecule has 2 N–H and O–H groups in total. The molecule has 0 aromatic heterocycles. The van der Waals surface area contributed by atoms with Gasteiger partial charge in [0.1, 0.15) is 5.82 Å². The van der Waals surface area contributed by atoms with Gasteiger partial charge in [0.25, 0.3) is 11.6 Å². The van der Waals surface area contributed by atoms with Gasteiger partial charge in [0.2, 0.25) is 0 Å². The van der Waals surface area contributed by atoms with E-state index in [-0.39, 0.29) is 17.9 Å². The summed E-state index contributed by atoms with van der Waals surface area (Å²) < 4.78 is 13.3. The minimum absolute atomic E-state index is 0.0681. The molecule has 0 aliphatic carbocycles. The smallest absolute Gasteiger partial charge is 0.270 e. The minimum atomic E-state index is -0.520. The van der Waals surface area contributed by atoms with Crippen LogP contribution in [0.4, 0.5) is 15.8 Å². The fourth-order valence-corrected chi connectivity index (χ4v) is 1.72. The average molecular weight is 316 g/mol. The standard InChI is InChI=1S/C15H13FN4O3/c16-13-6-1-2-7-14(13)17-10-15(21)19-18-9-11-4-3-5-12(8-11)20(22)23/h1-9,17H,10H2,(H,19,21)/b18-9-. The van der Waals surface area contributed by atoms with Gasteiger partial charge in [0, 0.05) is 17.7 Å². The molecule has 118 valence electrons. The van der Waals surface area contributed by atoms with Crippen LogP contribution in [0.2, 0.25) is 0 Å². The van der Waals surface area contributed by atoms with Crippen molar-refractivity contribution in [1.82, 2.24) is 5.43 Å². The molecule has 0 radical (unpaired) electrons. The Morgan fingerprint density at radius 2 is 2.04 bits per heavy atom. The van der Waals surface area contributed by atoms with Crippen molar-refractivity contribution >= 4 is 23.5 Å². The molecule has 0 bridgehead atoms. The predicted molar refractivity (Wildman–Crippen MR) is 83.7 cm³/mol. The Bertz CT molecular complexity index is 749. The number of carbonyl (C=O) groups excluding carboxylic acids is 1. The molecule has 0 saturated heterocycles. The Morgan fingerprint density at radius 3 is 2.78 bits per heavy atom. The van der Waals surface area contributed by atoms with Gasteiger partial charge < -0.3 is 5.32 Å². The monoisotopic (exact) mass is 316 g/mol. The lowest BCUT2D eigenvalue weighted by molar-refractivity contribution is -0.384. The average Bonchev–Trinajstić information content (AvgIpc) is 2.54. The fourth-order valence-electron chi connectivity index (χ4n) is 1.72. The number of halogens is 1. The quantitative estimate of drug-likeness (QED) is 0.485. The third kappa shape index (κ3) is 4.88. The van der Waals surface area contributed by atoms with E-state index >= 15 is 0 Å². The Kier molecular flexibility index (Phi) is 5.35. The maximum absolute atomic E-state index is 13.3. The highest BCUT2D eigenvalue weighted by Gasteiger charge is 2.05. The maximum atomic E-state index is 13.3. The first-order valence-corrected chi connectivity index (χ1v) is 6.61. The lowest BCUT2D eigenvalue weighted by atomic mass is 10.2. The number of amides is 1. The van der Waals surface area contributed by atoms with Gasteiger partial charge in [-0.1, -0.05) is 24.3 Å². The number of non-ortho nitro benzene ring substituents is 1. The predicted octanol–water partition coefficient (Wildman–Crippen LogP) is 2.30. The van der Waals surface area contributed by atoms with Gasteiger partial charge in [-0.25, -0.2) is 9.82 Å². The molecular weight excluding hydrogens is 303 g/mol. The van der Waals surface area contributed by atoms with E-state index in [1.807, 2.05) is 0 Å². The summed E-state index contributed by atoms with van der Waals surface area (Å²) in [6.07, 6.45) is 1.29. The molecule has 0 atom stereocenters. The molecule has 7 nitrogen and oxygen atoms in total. The number of nitrogens with zero attached hydrogens (tertiary/aromatic N) is 2. The first-order chi connectivity index (χ1) is 11.1. The lowest BCUT2D eigenvalue weighted by Gasteiger charge is -2.05. The van der Waals surface area contributed by atoms with Crippen molar-refractivity contribution in [2.24, 2.45) is 5.10 Å². The third-order valence-corrected chi connectivity index (χ3v) is 2.80. The number of nitrogens with one attached hydrogen (secondary N) is 2. The Hall–Kier alpha value is -3.29. The summed E-state index contributed by atoms with van der Waals surface area (Å²) in [5.74, 6) is -0.935. The summed E-state index contributed by atoms with van der Waals surface area (Å²) in [4.78, 5) is 21.7. The first kappa shape index (κ1) is 16.1. The van der Waals surface area contributed by atoms with Crippen molar-refractivity contribution < 1.29 is 14.1 Å². The second-order valence-corrected chi connectivity index (χ2v) is 4.48. The summed E-state index contributed by atoms with van der Waals surface area (Å²) >= 11 is 0. The Labute approximate surface area is 131 Å². The van der Waals surface area contributed by atoms with Gasteiger partial charge in [-0.2, -0.15) is 5.10 Å². The molecule has 0 saturated carbocycles. The van der Waals surface area contributed by atoms with E-state index in [1.165, 1.54) is 36.5 Å². The highest BCUT2D eigenvalue weighted by Crippen LogP contribution is 2.12. The number of benzene rings is 2. The lowest BCUT2D eigenvalue weighted by Crippen LogP contribution is -2.26. The van der Waals surface area contributed by atoms with Gasteiger partial charge in [-0.15, -0.1) is 0 Å². The minimum Gasteiger partial charge on any atom is -0.374 e. The molecule has 0 aliphatic rings. The molecule has 23 heavy (non-hydrogen) atoms. The summed E-state index contributed by atoms with van der Waals surface area (Å²) in [7, 11) is 0. The second kappa shape index (κ2) is 7.64. The van der Waals surface area contributed by atoms with Crippen LogP contribution in [0.15, 0.2) is 53.6 Å². The van der Waals surface area contributed by atoms with Crippen molar-refractivity contribution in [3.05, 3.63) is 70.0 Å². The SMILES string of the molecule is O=C(CNc1ccccc1F)N/N=C\c1cccc([N+](=O)[O-])c1. The van der Waals surface area contributed by atoms with Crippen LogP contribution in [-0.4, -0.2) is 23.6 Å². The molecule has 0 spiro atoms. The van der Waals surface area contributed by atoms with Crippen molar-refractivity contribution in [1.29, 1.82) is 0 Å². The van der Waals surface area contributed by atoms with Crippen LogP contribution >= 0.6 is 0 Å². The van der Waals surface area contributed by atoms with Crippen molar-refractivity contribution in [3.8, 4) is 0 Å². The molecule has 2 aromatic rings. The number of carbonyl (C=O) groups is 1. The number of nitro groups is 1. The summed E-state index contributed by atoms with van der Waals surface area (Å²) in [5.41, 5.74) is 2.86. The molecular formula is C15H13FN4O3. The Morgan fingerprint density at radius 1 is 1.26 bits per heavy atom. The van der Waals surface area contributed by atoms with Gasteiger partial charge in [0.05, 0.1) is 23.4 Å². The number of anilines is 1. The molecule has 2 rings (SSSR count). The zero-order valence-corrected chi connectivity index (χ0v) is 11.9. The molecule has 1 amide bonds. The van der Waals surface area contributed by atoms with Gasteiger partial charge in [-0.3, -0.25) is 14.9 Å². The van der Waals surface area contributed by atoms with Crippen LogP contribution in [-0.2, 0) is 4.79 Å². The second-order valence-electron chi connectivity index (χ2n) is 4.48. The summed E-state index contributed by atoms with van der Waals surface area (Å²) in [6, 6.07) is 11.8. The van der Waals surface area contributed by atoms with E-state index in [4.69, 9.17) is 0 Å². The zero-order valence-electron chi connectivity index (χ0n) is 11.9. The fraction of sp³-hybridized carbons (Fsp3) is 0.0667. The number of nitro benzene ring substituents is 1. The zero-order chi connectivity index (χ0) is 16.7. The molecule has 0 aliphatic heterocycles.